The lowest BCUT2D eigenvalue weighted by Crippen LogP contribution is -2.31. The maximum Gasteiger partial charge on any atom is 0.309 e. The van der Waals surface area contributed by atoms with Gasteiger partial charge in [0, 0.05) is 17.5 Å². The average Bonchev–Trinajstić information content (AvgIpc) is 2.72. The number of aryl methyl sites for hydroxylation is 2. The van der Waals surface area contributed by atoms with Crippen LogP contribution in [0.3, 0.4) is 0 Å². The third-order valence-corrected chi connectivity index (χ3v) is 5.72. The minimum absolute atomic E-state index is 0.0839. The topological polar surface area (TPSA) is 78.7 Å². The Morgan fingerprint density at radius 2 is 1.93 bits per heavy atom. The summed E-state index contributed by atoms with van der Waals surface area (Å²) in [5, 5.41) is 11.2. The normalized spacial score (nSPS) is 18.7. The number of benzene rings is 2. The van der Waals surface area contributed by atoms with Crippen molar-refractivity contribution in [2.24, 2.45) is 5.92 Å². The van der Waals surface area contributed by atoms with Gasteiger partial charge in [-0.25, -0.2) is 0 Å². The molecule has 1 heterocycles. The van der Waals surface area contributed by atoms with Crippen molar-refractivity contribution in [1.82, 2.24) is 0 Å². The first-order valence-electron chi connectivity index (χ1n) is 10.5. The molecule has 160 valence electrons. The predicted octanol–water partition coefficient (Wildman–Crippen LogP) is 5.28. The molecule has 1 aliphatic rings. The summed E-state index contributed by atoms with van der Waals surface area (Å²) in [6.07, 6.45) is 3.17. The van der Waals surface area contributed by atoms with Crippen molar-refractivity contribution in [3.05, 3.63) is 68.8 Å². The quantitative estimate of drug-likeness (QED) is 0.256. The van der Waals surface area contributed by atoms with E-state index in [1.807, 2.05) is 19.1 Å². The molecule has 3 rings (SSSR count). The Hall–Kier alpha value is -2.89. The number of carbonyl (C=O) groups excluding carboxylic acids is 1. The molecule has 0 radical (unpaired) electrons. The smallest absolute Gasteiger partial charge is 0.309 e. The van der Waals surface area contributed by atoms with Gasteiger partial charge >= 0.3 is 5.97 Å². The molecule has 0 saturated carbocycles. The molecule has 1 aliphatic heterocycles. The van der Waals surface area contributed by atoms with Crippen LogP contribution in [0.4, 0.5) is 5.69 Å². The van der Waals surface area contributed by atoms with Gasteiger partial charge in [0.25, 0.3) is 5.69 Å². The van der Waals surface area contributed by atoms with Crippen molar-refractivity contribution < 1.29 is 19.2 Å². The fourth-order valence-electron chi connectivity index (χ4n) is 3.82. The highest BCUT2D eigenvalue weighted by Gasteiger charge is 2.32. The van der Waals surface area contributed by atoms with Crippen LogP contribution in [0, 0.1) is 29.9 Å². The van der Waals surface area contributed by atoms with Gasteiger partial charge in [-0.2, -0.15) is 0 Å². The van der Waals surface area contributed by atoms with E-state index >= 15 is 0 Å². The zero-order valence-electron chi connectivity index (χ0n) is 17.8. The molecule has 1 saturated heterocycles. The van der Waals surface area contributed by atoms with E-state index in [1.165, 1.54) is 0 Å². The van der Waals surface area contributed by atoms with E-state index in [1.54, 1.807) is 19.1 Å². The summed E-state index contributed by atoms with van der Waals surface area (Å²) >= 11 is 0. The summed E-state index contributed by atoms with van der Waals surface area (Å²) in [5.74, 6) is 0.406. The van der Waals surface area contributed by atoms with E-state index in [4.69, 9.17) is 9.47 Å². The second-order valence-corrected chi connectivity index (χ2v) is 8.07. The monoisotopic (exact) mass is 411 g/mol. The molecule has 0 aliphatic carbocycles. The predicted molar refractivity (Wildman–Crippen MR) is 115 cm³/mol. The van der Waals surface area contributed by atoms with E-state index in [0.717, 1.165) is 35.3 Å². The fourth-order valence-corrected chi connectivity index (χ4v) is 3.82. The van der Waals surface area contributed by atoms with Crippen molar-refractivity contribution in [3.8, 4) is 5.75 Å². The Labute approximate surface area is 177 Å². The molecular weight excluding hydrogens is 382 g/mol. The maximum atomic E-state index is 12.4. The van der Waals surface area contributed by atoms with E-state index < -0.39 is 0 Å². The summed E-state index contributed by atoms with van der Waals surface area (Å²) in [6.45, 7) is 6.91. The van der Waals surface area contributed by atoms with Crippen molar-refractivity contribution in [1.29, 1.82) is 0 Å². The molecule has 2 aromatic rings. The first-order chi connectivity index (χ1) is 14.4. The summed E-state index contributed by atoms with van der Waals surface area (Å²) in [4.78, 5) is 23.2. The number of hydrogen-bond acceptors (Lipinski definition) is 5. The number of unbranched alkanes of at least 4 members (excludes halogenated alkanes) is 1. The summed E-state index contributed by atoms with van der Waals surface area (Å²) in [7, 11) is 0. The minimum Gasteiger partial charge on any atom is -0.493 e. The van der Waals surface area contributed by atoms with Gasteiger partial charge in [-0.3, -0.25) is 14.9 Å². The van der Waals surface area contributed by atoms with Crippen LogP contribution >= 0.6 is 0 Å². The summed E-state index contributed by atoms with van der Waals surface area (Å²) in [5.41, 5.74) is 3.66. The van der Waals surface area contributed by atoms with Crippen LogP contribution < -0.4 is 4.74 Å². The van der Waals surface area contributed by atoms with Gasteiger partial charge in [-0.05, 0) is 55.9 Å². The Bertz CT molecular complexity index is 924. The van der Waals surface area contributed by atoms with E-state index in [2.05, 4.69) is 19.1 Å². The molecule has 0 aromatic heterocycles. The molecule has 2 aromatic carbocycles. The van der Waals surface area contributed by atoms with Gasteiger partial charge < -0.3 is 9.47 Å². The number of ether oxygens (including phenoxy) is 2. The van der Waals surface area contributed by atoms with Gasteiger partial charge in [0.2, 0.25) is 0 Å². The summed E-state index contributed by atoms with van der Waals surface area (Å²) in [6, 6.07) is 11.3. The van der Waals surface area contributed by atoms with E-state index in [-0.39, 0.29) is 28.4 Å². The van der Waals surface area contributed by atoms with E-state index in [0.29, 0.717) is 31.6 Å². The summed E-state index contributed by atoms with van der Waals surface area (Å²) < 4.78 is 11.4. The van der Waals surface area contributed by atoms with Gasteiger partial charge in [0.05, 0.1) is 24.1 Å². The van der Waals surface area contributed by atoms with Crippen LogP contribution in [-0.2, 0) is 16.0 Å². The average molecular weight is 411 g/mol. The van der Waals surface area contributed by atoms with E-state index in [9.17, 15) is 14.9 Å². The fraction of sp³-hybridized carbons (Fsp3) is 0.458. The third-order valence-electron chi connectivity index (χ3n) is 5.72. The SMILES string of the molecule is CCCCOc1cc([C@H]2COC(=O)C(Cc3ccc(C)c([N+](=O)[O-])c3)C2)ccc1C. The first kappa shape index (κ1) is 21.8. The Morgan fingerprint density at radius 1 is 1.17 bits per heavy atom. The van der Waals surface area contributed by atoms with Crippen molar-refractivity contribution in [2.75, 3.05) is 13.2 Å². The van der Waals surface area contributed by atoms with Crippen molar-refractivity contribution in [3.63, 3.8) is 0 Å². The molecule has 2 atom stereocenters. The second kappa shape index (κ2) is 9.74. The molecule has 6 nitrogen and oxygen atoms in total. The maximum absolute atomic E-state index is 12.4. The van der Waals surface area contributed by atoms with Crippen molar-refractivity contribution in [2.45, 2.75) is 52.4 Å². The zero-order chi connectivity index (χ0) is 21.7. The molecule has 1 unspecified atom stereocenters. The lowest BCUT2D eigenvalue weighted by Gasteiger charge is -2.29. The third kappa shape index (κ3) is 5.17. The number of esters is 1. The molecule has 6 heteroatoms. The number of rotatable bonds is 8. The molecule has 30 heavy (non-hydrogen) atoms. The number of nitro groups is 1. The minimum atomic E-state index is -0.382. The molecule has 0 amide bonds. The Balaban J connectivity index is 1.74. The van der Waals surface area contributed by atoms with Gasteiger partial charge in [-0.15, -0.1) is 0 Å². The first-order valence-corrected chi connectivity index (χ1v) is 10.5. The highest BCUT2D eigenvalue weighted by Crippen LogP contribution is 2.34. The molecule has 1 fully saturated rings. The van der Waals surface area contributed by atoms with Crippen LogP contribution in [-0.4, -0.2) is 24.1 Å². The highest BCUT2D eigenvalue weighted by atomic mass is 16.6. The van der Waals surface area contributed by atoms with Crippen molar-refractivity contribution >= 4 is 11.7 Å². The Kier molecular flexibility index (Phi) is 7.08. The second-order valence-electron chi connectivity index (χ2n) is 8.07. The van der Waals surface area contributed by atoms with Gasteiger partial charge in [0.15, 0.2) is 0 Å². The van der Waals surface area contributed by atoms with Gasteiger partial charge in [0.1, 0.15) is 5.75 Å². The number of hydrogen-bond donors (Lipinski definition) is 0. The molecule has 0 bridgehead atoms. The number of cyclic esters (lactones) is 1. The standard InChI is InChI=1S/C24H29NO5/c1-4-5-10-29-23-14-19(9-7-17(23)3)21-13-20(24(26)30-15-21)11-18-8-6-16(2)22(12-18)25(27)28/h6-9,12,14,20-21H,4-5,10-11,13,15H2,1-3H3/t20?,21-/m1/s1. The lowest BCUT2D eigenvalue weighted by molar-refractivity contribution is -0.385. The number of carbonyl (C=O) groups is 1. The van der Waals surface area contributed by atoms with Gasteiger partial charge in [-0.1, -0.05) is 37.6 Å². The zero-order valence-corrected chi connectivity index (χ0v) is 17.8. The number of nitrogens with zero attached hydrogens (tertiary/aromatic N) is 1. The van der Waals surface area contributed by atoms with Crippen LogP contribution in [0.2, 0.25) is 0 Å². The molecule has 0 N–H and O–H groups in total. The molecular formula is C24H29NO5. The Morgan fingerprint density at radius 3 is 2.67 bits per heavy atom. The van der Waals surface area contributed by atoms with Crippen LogP contribution in [0.15, 0.2) is 36.4 Å². The highest BCUT2D eigenvalue weighted by molar-refractivity contribution is 5.74. The van der Waals surface area contributed by atoms with Crippen LogP contribution in [0.25, 0.3) is 0 Å². The molecule has 0 spiro atoms. The van der Waals surface area contributed by atoms with Crippen LogP contribution in [0.5, 0.6) is 5.75 Å². The largest absolute Gasteiger partial charge is 0.493 e. The number of nitro benzene ring substituents is 1. The van der Waals surface area contributed by atoms with Crippen LogP contribution in [0.1, 0.15) is 54.4 Å². The lowest BCUT2D eigenvalue weighted by atomic mass is 9.83.